The van der Waals surface area contributed by atoms with E-state index >= 15 is 0 Å². The van der Waals surface area contributed by atoms with E-state index < -0.39 is 91.9 Å². The van der Waals surface area contributed by atoms with Crippen molar-refractivity contribution in [3.63, 3.8) is 0 Å². The minimum atomic E-state index is -5.49. The van der Waals surface area contributed by atoms with E-state index in [2.05, 4.69) is 9.05 Å². The van der Waals surface area contributed by atoms with Gasteiger partial charge >= 0.3 is 23.5 Å². The van der Waals surface area contributed by atoms with E-state index in [1.165, 1.54) is 10.8 Å². The van der Waals surface area contributed by atoms with Crippen LogP contribution in [0.15, 0.2) is 30.5 Å². The van der Waals surface area contributed by atoms with Crippen molar-refractivity contribution in [3.05, 3.63) is 30.5 Å². The number of nitrogens with zero attached hydrogens (tertiary/aromatic N) is 1. The lowest BCUT2D eigenvalue weighted by molar-refractivity contribution is -0.313. The molecule has 2 aliphatic heterocycles. The standard InChI is InChI=1S/C19H29N2O18P3/c20-9-2-1-3-10-8(9)4-5-21(10)18-17(39-42(31,32)33)14(11(6-22)34-18)36-19-13(24)16(38-41(28,29)30)15(12(7-23)35-19)37-40(25,26)27/h1-5,11-19,22-24H,6-7,20H2,(H2,25,26,27)(H2,28,29,30)(H2,31,32,33)/t11-,12-,13-,14-,15-,16-,17-,18-,19-/m1/s1. The van der Waals surface area contributed by atoms with E-state index in [9.17, 15) is 58.4 Å². The van der Waals surface area contributed by atoms with Gasteiger partial charge in [-0.3, -0.25) is 13.6 Å². The number of hydrogen-bond donors (Lipinski definition) is 10. The summed E-state index contributed by atoms with van der Waals surface area (Å²) in [6.07, 6.45) is -15.5. The summed E-state index contributed by atoms with van der Waals surface area (Å²) in [6.45, 7) is -1.95. The first-order valence-corrected chi connectivity index (χ1v) is 16.4. The molecule has 2 aliphatic rings. The van der Waals surface area contributed by atoms with Crippen molar-refractivity contribution in [2.45, 2.75) is 55.2 Å². The molecule has 2 saturated heterocycles. The maximum Gasteiger partial charge on any atom is 0.470 e. The number of ether oxygens (including phenoxy) is 3. The molecule has 9 atom stereocenters. The van der Waals surface area contributed by atoms with Gasteiger partial charge in [-0.15, -0.1) is 0 Å². The number of benzene rings is 1. The number of phosphoric acid groups is 3. The highest BCUT2D eigenvalue weighted by molar-refractivity contribution is 7.46. The number of fused-ring (bicyclic) bond motifs is 1. The average Bonchev–Trinajstić information content (AvgIpc) is 3.42. The van der Waals surface area contributed by atoms with Gasteiger partial charge in [0.15, 0.2) is 12.5 Å². The van der Waals surface area contributed by atoms with Crippen molar-refractivity contribution in [1.82, 2.24) is 4.57 Å². The topological polar surface area (TPSA) is 320 Å². The molecule has 0 radical (unpaired) electrons. The number of rotatable bonds is 11. The highest BCUT2D eigenvalue weighted by atomic mass is 31.2. The Bertz CT molecular complexity index is 1390. The van der Waals surface area contributed by atoms with Gasteiger partial charge in [-0.25, -0.2) is 13.7 Å². The number of phosphoric ester groups is 3. The summed E-state index contributed by atoms with van der Waals surface area (Å²) >= 11 is 0. The molecule has 0 spiro atoms. The largest absolute Gasteiger partial charge is 0.470 e. The van der Waals surface area contributed by atoms with Gasteiger partial charge in [0.1, 0.15) is 42.7 Å². The molecule has 11 N–H and O–H groups in total. The average molecular weight is 666 g/mol. The van der Waals surface area contributed by atoms with Crippen LogP contribution >= 0.6 is 23.5 Å². The summed E-state index contributed by atoms with van der Waals surface area (Å²) in [5.74, 6) is 0. The van der Waals surface area contributed by atoms with Gasteiger partial charge in [0.2, 0.25) is 0 Å². The van der Waals surface area contributed by atoms with Crippen LogP contribution in [0.3, 0.4) is 0 Å². The van der Waals surface area contributed by atoms with E-state index in [-0.39, 0.29) is 0 Å². The number of aliphatic hydroxyl groups excluding tert-OH is 3. The van der Waals surface area contributed by atoms with Crippen LogP contribution in [-0.4, -0.2) is 111 Å². The molecule has 0 bridgehead atoms. The third-order valence-electron chi connectivity index (χ3n) is 6.40. The minimum absolute atomic E-state index is 0.361. The molecule has 0 amide bonds. The Morgan fingerprint density at radius 1 is 0.786 bits per heavy atom. The third kappa shape index (κ3) is 7.65. The summed E-state index contributed by atoms with van der Waals surface area (Å²) in [4.78, 5) is 56.5. The molecule has 3 heterocycles. The Morgan fingerprint density at radius 3 is 1.90 bits per heavy atom. The monoisotopic (exact) mass is 666 g/mol. The second-order valence-corrected chi connectivity index (χ2v) is 12.8. The lowest BCUT2D eigenvalue weighted by atomic mass is 9.99. The van der Waals surface area contributed by atoms with Crippen molar-refractivity contribution < 1.29 is 86.2 Å². The van der Waals surface area contributed by atoms with Crippen molar-refractivity contribution in [2.75, 3.05) is 18.9 Å². The van der Waals surface area contributed by atoms with Crippen LogP contribution in [-0.2, 0) is 41.5 Å². The molecule has 20 nitrogen and oxygen atoms in total. The quantitative estimate of drug-likeness (QED) is 0.0916. The van der Waals surface area contributed by atoms with Crippen LogP contribution in [0, 0.1) is 0 Å². The Balaban J connectivity index is 1.71. The van der Waals surface area contributed by atoms with Gasteiger partial charge in [0.25, 0.3) is 0 Å². The first kappa shape index (κ1) is 33.5. The first-order valence-electron chi connectivity index (χ1n) is 11.9. The molecule has 0 unspecified atom stereocenters. The second kappa shape index (κ2) is 12.6. The Morgan fingerprint density at radius 2 is 1.33 bits per heavy atom. The van der Waals surface area contributed by atoms with Gasteiger partial charge in [0, 0.05) is 17.3 Å². The molecule has 0 aliphatic carbocycles. The van der Waals surface area contributed by atoms with Gasteiger partial charge in [-0.2, -0.15) is 0 Å². The summed E-state index contributed by atoms with van der Waals surface area (Å²) in [5, 5.41) is 31.2. The number of anilines is 1. The van der Waals surface area contributed by atoms with E-state index in [0.717, 1.165) is 0 Å². The number of nitrogen functional groups attached to an aromatic ring is 1. The van der Waals surface area contributed by atoms with E-state index in [1.54, 1.807) is 24.3 Å². The summed E-state index contributed by atoms with van der Waals surface area (Å²) in [6, 6.07) is 6.39. The molecule has 4 rings (SSSR count). The maximum absolute atomic E-state index is 12.0. The van der Waals surface area contributed by atoms with Crippen LogP contribution in [0.2, 0.25) is 0 Å². The zero-order valence-electron chi connectivity index (χ0n) is 21.1. The van der Waals surface area contributed by atoms with Crippen molar-refractivity contribution in [3.8, 4) is 0 Å². The molecule has 2 aromatic rings. The molecular formula is C19H29N2O18P3. The van der Waals surface area contributed by atoms with E-state index in [4.69, 9.17) is 24.5 Å². The van der Waals surface area contributed by atoms with Gasteiger partial charge < -0.3 is 69.2 Å². The van der Waals surface area contributed by atoms with Crippen LogP contribution in [0.1, 0.15) is 6.23 Å². The fraction of sp³-hybridized carbons (Fsp3) is 0.579. The summed E-state index contributed by atoms with van der Waals surface area (Å²) in [7, 11) is -16.2. The predicted molar refractivity (Wildman–Crippen MR) is 135 cm³/mol. The highest BCUT2D eigenvalue weighted by Crippen LogP contribution is 2.49. The number of aliphatic hydroxyl groups is 3. The lowest BCUT2D eigenvalue weighted by Crippen LogP contribution is -2.61. The number of aromatic nitrogens is 1. The molecule has 238 valence electrons. The van der Waals surface area contributed by atoms with Gasteiger partial charge in [-0.1, -0.05) is 6.07 Å². The smallest absolute Gasteiger partial charge is 0.398 e. The normalized spacial score (nSPS) is 32.9. The molecule has 42 heavy (non-hydrogen) atoms. The van der Waals surface area contributed by atoms with Gasteiger partial charge in [0.05, 0.1) is 18.7 Å². The lowest BCUT2D eigenvalue weighted by Gasteiger charge is -2.44. The number of nitrogens with two attached hydrogens (primary N) is 1. The summed E-state index contributed by atoms with van der Waals surface area (Å²) < 4.78 is 67.2. The second-order valence-electron chi connectivity index (χ2n) is 9.25. The third-order valence-corrected chi connectivity index (χ3v) is 7.95. The van der Waals surface area contributed by atoms with E-state index in [0.29, 0.717) is 16.6 Å². The zero-order chi connectivity index (χ0) is 31.2. The Labute approximate surface area is 235 Å². The fourth-order valence-electron chi connectivity index (χ4n) is 4.82. The van der Waals surface area contributed by atoms with Crippen LogP contribution in [0.5, 0.6) is 0 Å². The molecule has 23 heteroatoms. The molecular weight excluding hydrogens is 637 g/mol. The zero-order valence-corrected chi connectivity index (χ0v) is 23.7. The molecule has 1 aromatic heterocycles. The fourth-order valence-corrected chi connectivity index (χ4v) is 6.50. The van der Waals surface area contributed by atoms with Gasteiger partial charge in [-0.05, 0) is 18.2 Å². The van der Waals surface area contributed by atoms with Crippen molar-refractivity contribution >= 4 is 40.1 Å². The number of hydrogen-bond acceptors (Lipinski definition) is 13. The SMILES string of the molecule is Nc1cccc2c1ccn2[C@@H]1O[C@H](CO)[C@@H](O[C@H]2O[C@H](CO)[C@@H](OP(=O)(O)O)[C@H](OP(=O)(O)O)[C@H]2O)[C@H]1OP(=O)(O)O. The van der Waals surface area contributed by atoms with Crippen LogP contribution < -0.4 is 5.73 Å². The predicted octanol–water partition coefficient (Wildman–Crippen LogP) is -1.99. The molecule has 0 saturated carbocycles. The van der Waals surface area contributed by atoms with Crippen LogP contribution in [0.4, 0.5) is 5.69 Å². The van der Waals surface area contributed by atoms with Crippen LogP contribution in [0.25, 0.3) is 10.9 Å². The highest BCUT2D eigenvalue weighted by Gasteiger charge is 2.56. The van der Waals surface area contributed by atoms with Crippen molar-refractivity contribution in [2.24, 2.45) is 0 Å². The first-order chi connectivity index (χ1) is 19.4. The van der Waals surface area contributed by atoms with Crippen molar-refractivity contribution in [1.29, 1.82) is 0 Å². The van der Waals surface area contributed by atoms with E-state index in [1.807, 2.05) is 0 Å². The summed E-state index contributed by atoms with van der Waals surface area (Å²) in [5.41, 5.74) is 6.78. The Hall–Kier alpha value is -1.35. The molecule has 1 aromatic carbocycles. The Kier molecular flexibility index (Phi) is 10.0. The maximum atomic E-state index is 12.0. The minimum Gasteiger partial charge on any atom is -0.398 e. The molecule has 2 fully saturated rings.